The summed E-state index contributed by atoms with van der Waals surface area (Å²) >= 11 is 1.79. The molecule has 1 aliphatic rings. The summed E-state index contributed by atoms with van der Waals surface area (Å²) in [7, 11) is 1.63. The number of ether oxygens (including phenoxy) is 1. The molecule has 3 nitrogen and oxygen atoms in total. The van der Waals surface area contributed by atoms with Crippen molar-refractivity contribution < 1.29 is 14.6 Å². The highest BCUT2D eigenvalue weighted by atomic mass is 32.2. The molecule has 92 valence electrons. The molecule has 1 aliphatic heterocycles. The van der Waals surface area contributed by atoms with Crippen molar-refractivity contribution in [3.63, 3.8) is 0 Å². The highest BCUT2D eigenvalue weighted by Crippen LogP contribution is 2.44. The molecular weight excluding hydrogens is 236 g/mol. The number of carboxylic acids is 1. The number of benzene rings is 1. The molecule has 1 heterocycles. The molecule has 0 radical (unpaired) electrons. The minimum atomic E-state index is -0.742. The Labute approximate surface area is 105 Å². The number of thioether (sulfide) groups is 1. The summed E-state index contributed by atoms with van der Waals surface area (Å²) in [6.45, 7) is 2.03. The lowest BCUT2D eigenvalue weighted by atomic mass is 9.77. The van der Waals surface area contributed by atoms with Gasteiger partial charge in [0.1, 0.15) is 5.75 Å². The quantitative estimate of drug-likeness (QED) is 0.898. The van der Waals surface area contributed by atoms with Gasteiger partial charge in [0.25, 0.3) is 0 Å². The SMILES string of the molecule is COc1ccc2c(c1)C(C)(CC(=O)O)CCS2. The van der Waals surface area contributed by atoms with Crippen LogP contribution in [-0.4, -0.2) is 23.9 Å². The largest absolute Gasteiger partial charge is 0.497 e. The van der Waals surface area contributed by atoms with E-state index < -0.39 is 5.97 Å². The van der Waals surface area contributed by atoms with E-state index in [0.29, 0.717) is 0 Å². The molecule has 4 heteroatoms. The summed E-state index contributed by atoms with van der Waals surface area (Å²) in [5, 5.41) is 9.04. The highest BCUT2D eigenvalue weighted by molar-refractivity contribution is 7.99. The Morgan fingerprint density at radius 1 is 1.59 bits per heavy atom. The van der Waals surface area contributed by atoms with Gasteiger partial charge in [-0.3, -0.25) is 4.79 Å². The minimum Gasteiger partial charge on any atom is -0.497 e. The van der Waals surface area contributed by atoms with Gasteiger partial charge in [0.15, 0.2) is 0 Å². The van der Waals surface area contributed by atoms with Crippen molar-refractivity contribution in [2.45, 2.75) is 30.1 Å². The number of methoxy groups -OCH3 is 1. The standard InChI is InChI=1S/C13H16O3S/c1-13(8-12(14)15)5-6-17-11-4-3-9(16-2)7-10(11)13/h3-4,7H,5-6,8H2,1-2H3,(H,14,15). The Hall–Kier alpha value is -1.16. The van der Waals surface area contributed by atoms with Crippen LogP contribution in [0, 0.1) is 0 Å². The molecule has 1 unspecified atom stereocenters. The second kappa shape index (κ2) is 4.61. The van der Waals surface area contributed by atoms with Gasteiger partial charge >= 0.3 is 5.97 Å². The summed E-state index contributed by atoms with van der Waals surface area (Å²) in [4.78, 5) is 12.2. The Morgan fingerprint density at radius 3 is 3.00 bits per heavy atom. The van der Waals surface area contributed by atoms with Crippen LogP contribution < -0.4 is 4.74 Å². The van der Waals surface area contributed by atoms with Gasteiger partial charge in [0.2, 0.25) is 0 Å². The summed E-state index contributed by atoms with van der Waals surface area (Å²) in [5.41, 5.74) is 0.830. The first kappa shape index (κ1) is 12.3. The normalized spacial score (nSPS) is 22.9. The van der Waals surface area contributed by atoms with Gasteiger partial charge in [-0.2, -0.15) is 0 Å². The van der Waals surface area contributed by atoms with Crippen LogP contribution in [0.2, 0.25) is 0 Å². The molecule has 17 heavy (non-hydrogen) atoms. The van der Waals surface area contributed by atoms with Crippen molar-refractivity contribution in [1.29, 1.82) is 0 Å². The van der Waals surface area contributed by atoms with Crippen molar-refractivity contribution in [2.75, 3.05) is 12.9 Å². The number of fused-ring (bicyclic) bond motifs is 1. The van der Waals surface area contributed by atoms with Gasteiger partial charge in [-0.1, -0.05) is 6.92 Å². The zero-order chi connectivity index (χ0) is 12.5. The predicted octanol–water partition coefficient (Wildman–Crippen LogP) is 2.92. The van der Waals surface area contributed by atoms with Gasteiger partial charge in [-0.25, -0.2) is 0 Å². The average Bonchev–Trinajstić information content (AvgIpc) is 2.28. The van der Waals surface area contributed by atoms with Crippen LogP contribution in [0.25, 0.3) is 0 Å². The van der Waals surface area contributed by atoms with Crippen molar-refractivity contribution >= 4 is 17.7 Å². The number of aliphatic carboxylic acids is 1. The monoisotopic (exact) mass is 252 g/mol. The fourth-order valence-electron chi connectivity index (χ4n) is 2.27. The van der Waals surface area contributed by atoms with E-state index >= 15 is 0 Å². The third-order valence-electron chi connectivity index (χ3n) is 3.29. The summed E-state index contributed by atoms with van der Waals surface area (Å²) in [5.74, 6) is 1.03. The lowest BCUT2D eigenvalue weighted by molar-refractivity contribution is -0.138. The number of carboxylic acid groups (broad SMARTS) is 1. The second-order valence-corrected chi connectivity index (χ2v) is 5.73. The number of carbonyl (C=O) groups is 1. The second-order valence-electron chi connectivity index (χ2n) is 4.59. The van der Waals surface area contributed by atoms with Crippen LogP contribution in [0.15, 0.2) is 23.1 Å². The topological polar surface area (TPSA) is 46.5 Å². The lowest BCUT2D eigenvalue weighted by Gasteiger charge is -2.34. The Bertz CT molecular complexity index is 444. The van der Waals surface area contributed by atoms with Crippen LogP contribution in [0.5, 0.6) is 5.75 Å². The summed E-state index contributed by atoms with van der Waals surface area (Å²) in [6, 6.07) is 5.93. The Balaban J connectivity index is 2.44. The van der Waals surface area contributed by atoms with Gasteiger partial charge in [0.05, 0.1) is 13.5 Å². The van der Waals surface area contributed by atoms with Gasteiger partial charge in [0, 0.05) is 10.3 Å². The van der Waals surface area contributed by atoms with Crippen LogP contribution >= 0.6 is 11.8 Å². The smallest absolute Gasteiger partial charge is 0.304 e. The maximum atomic E-state index is 11.0. The fourth-order valence-corrected chi connectivity index (χ4v) is 3.67. The molecule has 0 saturated heterocycles. The Kier molecular flexibility index (Phi) is 3.33. The average molecular weight is 252 g/mol. The third-order valence-corrected chi connectivity index (χ3v) is 4.37. The molecule has 0 aliphatic carbocycles. The first-order valence-electron chi connectivity index (χ1n) is 5.58. The fraction of sp³-hybridized carbons (Fsp3) is 0.462. The van der Waals surface area contributed by atoms with Crippen LogP contribution in [0.4, 0.5) is 0 Å². The molecule has 1 N–H and O–H groups in total. The molecule has 1 aromatic rings. The van der Waals surface area contributed by atoms with E-state index in [4.69, 9.17) is 9.84 Å². The van der Waals surface area contributed by atoms with Gasteiger partial charge in [-0.15, -0.1) is 11.8 Å². The van der Waals surface area contributed by atoms with Gasteiger partial charge in [-0.05, 0) is 35.9 Å². The first-order valence-corrected chi connectivity index (χ1v) is 6.57. The van der Waals surface area contributed by atoms with Crippen molar-refractivity contribution in [1.82, 2.24) is 0 Å². The molecule has 1 atom stereocenters. The molecule has 1 aromatic carbocycles. The van der Waals surface area contributed by atoms with Crippen molar-refractivity contribution in [3.8, 4) is 5.75 Å². The van der Waals surface area contributed by atoms with E-state index in [1.165, 1.54) is 4.90 Å². The van der Waals surface area contributed by atoms with E-state index in [-0.39, 0.29) is 11.8 Å². The zero-order valence-corrected chi connectivity index (χ0v) is 10.8. The lowest BCUT2D eigenvalue weighted by Crippen LogP contribution is -2.29. The Morgan fingerprint density at radius 2 is 2.35 bits per heavy atom. The maximum absolute atomic E-state index is 11.0. The molecule has 0 saturated carbocycles. The van der Waals surface area contributed by atoms with Crippen LogP contribution in [0.1, 0.15) is 25.3 Å². The molecule has 0 aromatic heterocycles. The van der Waals surface area contributed by atoms with E-state index in [9.17, 15) is 4.79 Å². The minimum absolute atomic E-state index is 0.174. The maximum Gasteiger partial charge on any atom is 0.304 e. The van der Waals surface area contributed by atoms with E-state index in [2.05, 4.69) is 0 Å². The molecule has 0 bridgehead atoms. The number of hydrogen-bond acceptors (Lipinski definition) is 3. The summed E-state index contributed by atoms with van der Waals surface area (Å²) < 4.78 is 5.22. The summed E-state index contributed by atoms with van der Waals surface area (Å²) in [6.07, 6.45) is 1.07. The molecule has 2 rings (SSSR count). The highest BCUT2D eigenvalue weighted by Gasteiger charge is 2.34. The number of hydrogen-bond donors (Lipinski definition) is 1. The van der Waals surface area contributed by atoms with Crippen molar-refractivity contribution in [3.05, 3.63) is 23.8 Å². The van der Waals surface area contributed by atoms with Crippen LogP contribution in [-0.2, 0) is 10.2 Å². The first-order chi connectivity index (χ1) is 8.05. The number of rotatable bonds is 3. The third kappa shape index (κ3) is 2.41. The van der Waals surface area contributed by atoms with Crippen LogP contribution in [0.3, 0.4) is 0 Å². The van der Waals surface area contributed by atoms with E-state index in [1.54, 1.807) is 18.9 Å². The van der Waals surface area contributed by atoms with E-state index in [0.717, 1.165) is 23.5 Å². The molecule has 0 spiro atoms. The van der Waals surface area contributed by atoms with Gasteiger partial charge < -0.3 is 9.84 Å². The zero-order valence-electron chi connectivity index (χ0n) is 10.0. The van der Waals surface area contributed by atoms with Crippen molar-refractivity contribution in [2.24, 2.45) is 0 Å². The molecule has 0 amide bonds. The van der Waals surface area contributed by atoms with E-state index in [1.807, 2.05) is 25.1 Å². The molecular formula is C13H16O3S. The predicted molar refractivity (Wildman–Crippen MR) is 67.9 cm³/mol. The molecule has 0 fully saturated rings.